The SMILES string of the molecule is Cc1ccc(-c2nnc(SCC(=O)NC(C)(C#N)C(C)C)nc2-c2ccc(C)cc2)cc1. The second-order valence-corrected chi connectivity index (χ2v) is 9.27. The topological polar surface area (TPSA) is 91.6 Å². The first-order valence-electron chi connectivity index (χ1n) is 10.5. The van der Waals surface area contributed by atoms with Crippen LogP contribution in [0.1, 0.15) is 31.9 Å². The van der Waals surface area contributed by atoms with Crippen LogP contribution in [-0.4, -0.2) is 32.4 Å². The van der Waals surface area contributed by atoms with Gasteiger partial charge in [-0.3, -0.25) is 4.79 Å². The summed E-state index contributed by atoms with van der Waals surface area (Å²) >= 11 is 1.20. The summed E-state index contributed by atoms with van der Waals surface area (Å²) < 4.78 is 0. The summed E-state index contributed by atoms with van der Waals surface area (Å²) in [5.41, 5.74) is 4.68. The van der Waals surface area contributed by atoms with Gasteiger partial charge < -0.3 is 5.32 Å². The fraction of sp³-hybridized carbons (Fsp3) is 0.320. The first-order chi connectivity index (χ1) is 15.2. The molecule has 0 aliphatic carbocycles. The first-order valence-corrected chi connectivity index (χ1v) is 11.4. The summed E-state index contributed by atoms with van der Waals surface area (Å²) in [7, 11) is 0. The molecule has 7 heteroatoms. The van der Waals surface area contributed by atoms with Crippen LogP contribution in [0.2, 0.25) is 0 Å². The van der Waals surface area contributed by atoms with Crippen LogP contribution in [0.25, 0.3) is 22.5 Å². The lowest BCUT2D eigenvalue weighted by molar-refractivity contribution is -0.120. The smallest absolute Gasteiger partial charge is 0.231 e. The van der Waals surface area contributed by atoms with Crippen LogP contribution in [0.4, 0.5) is 0 Å². The van der Waals surface area contributed by atoms with Crippen LogP contribution in [0.15, 0.2) is 53.7 Å². The number of aryl methyl sites for hydroxylation is 2. The highest BCUT2D eigenvalue weighted by Gasteiger charge is 2.30. The third-order valence-corrected chi connectivity index (χ3v) is 6.27. The van der Waals surface area contributed by atoms with Gasteiger partial charge in [0.2, 0.25) is 11.1 Å². The predicted octanol–water partition coefficient (Wildman–Crippen LogP) is 4.97. The Morgan fingerprint density at radius 3 is 2.03 bits per heavy atom. The van der Waals surface area contributed by atoms with Crippen molar-refractivity contribution in [1.29, 1.82) is 5.26 Å². The molecule has 0 bridgehead atoms. The van der Waals surface area contributed by atoms with Crippen molar-refractivity contribution in [2.24, 2.45) is 5.92 Å². The van der Waals surface area contributed by atoms with E-state index >= 15 is 0 Å². The molecule has 1 atom stereocenters. The van der Waals surface area contributed by atoms with E-state index in [1.54, 1.807) is 6.92 Å². The molecule has 1 heterocycles. The molecule has 0 spiro atoms. The Bertz CT molecular complexity index is 1140. The van der Waals surface area contributed by atoms with Crippen LogP contribution < -0.4 is 5.32 Å². The highest BCUT2D eigenvalue weighted by Crippen LogP contribution is 2.30. The lowest BCUT2D eigenvalue weighted by atomic mass is 9.90. The summed E-state index contributed by atoms with van der Waals surface area (Å²) in [6.45, 7) is 9.61. The van der Waals surface area contributed by atoms with E-state index in [0.717, 1.165) is 27.9 Å². The Hall–Kier alpha value is -3.24. The molecule has 1 N–H and O–H groups in total. The van der Waals surface area contributed by atoms with Gasteiger partial charge in [-0.2, -0.15) is 5.26 Å². The Balaban J connectivity index is 1.88. The van der Waals surface area contributed by atoms with Crippen molar-refractivity contribution in [1.82, 2.24) is 20.5 Å². The standard InChI is InChI=1S/C25H27N5OS/c1-16(2)25(5,15-26)28-21(31)14-32-24-27-22(19-10-6-17(3)7-11-19)23(29-30-24)20-12-8-18(4)9-13-20/h6-13,16H,14H2,1-5H3,(H,28,31). The zero-order valence-corrected chi connectivity index (χ0v) is 19.8. The average molecular weight is 446 g/mol. The number of aromatic nitrogens is 3. The molecular weight excluding hydrogens is 418 g/mol. The minimum atomic E-state index is -0.918. The molecule has 1 unspecified atom stereocenters. The normalized spacial score (nSPS) is 12.8. The van der Waals surface area contributed by atoms with Gasteiger partial charge in [0.05, 0.1) is 11.8 Å². The minimum Gasteiger partial charge on any atom is -0.337 e. The van der Waals surface area contributed by atoms with E-state index < -0.39 is 5.54 Å². The van der Waals surface area contributed by atoms with E-state index in [1.807, 2.05) is 76.2 Å². The van der Waals surface area contributed by atoms with Gasteiger partial charge >= 0.3 is 0 Å². The largest absolute Gasteiger partial charge is 0.337 e. The monoisotopic (exact) mass is 445 g/mol. The van der Waals surface area contributed by atoms with Gasteiger partial charge in [0, 0.05) is 11.1 Å². The molecule has 1 aromatic heterocycles. The van der Waals surface area contributed by atoms with Gasteiger partial charge in [0.15, 0.2) is 0 Å². The van der Waals surface area contributed by atoms with E-state index in [-0.39, 0.29) is 17.6 Å². The van der Waals surface area contributed by atoms with Gasteiger partial charge in [0.25, 0.3) is 0 Å². The highest BCUT2D eigenvalue weighted by atomic mass is 32.2. The molecule has 1 amide bonds. The fourth-order valence-corrected chi connectivity index (χ4v) is 3.53. The lowest BCUT2D eigenvalue weighted by Crippen LogP contribution is -2.49. The van der Waals surface area contributed by atoms with Crippen LogP contribution in [0.5, 0.6) is 0 Å². The molecule has 0 saturated carbocycles. The number of thioether (sulfide) groups is 1. The van der Waals surface area contributed by atoms with Gasteiger partial charge in [-0.1, -0.05) is 85.3 Å². The van der Waals surface area contributed by atoms with E-state index in [1.165, 1.54) is 11.8 Å². The van der Waals surface area contributed by atoms with E-state index in [4.69, 9.17) is 4.98 Å². The van der Waals surface area contributed by atoms with E-state index in [9.17, 15) is 10.1 Å². The second-order valence-electron chi connectivity index (χ2n) is 8.33. The van der Waals surface area contributed by atoms with Crippen molar-refractivity contribution in [2.45, 2.75) is 45.3 Å². The molecule has 0 radical (unpaired) electrons. The van der Waals surface area contributed by atoms with Crippen molar-refractivity contribution in [2.75, 3.05) is 5.75 Å². The molecule has 3 aromatic rings. The number of carbonyl (C=O) groups excluding carboxylic acids is 1. The zero-order chi connectivity index (χ0) is 23.3. The van der Waals surface area contributed by atoms with Crippen LogP contribution >= 0.6 is 11.8 Å². The zero-order valence-electron chi connectivity index (χ0n) is 19.0. The maximum absolute atomic E-state index is 12.4. The number of rotatable bonds is 7. The first kappa shape index (κ1) is 23.4. The number of hydrogen-bond donors (Lipinski definition) is 1. The van der Waals surface area contributed by atoms with Crippen molar-refractivity contribution in [3.8, 4) is 28.6 Å². The molecule has 3 rings (SSSR count). The van der Waals surface area contributed by atoms with Crippen molar-refractivity contribution >= 4 is 17.7 Å². The van der Waals surface area contributed by atoms with Crippen LogP contribution in [0.3, 0.4) is 0 Å². The van der Waals surface area contributed by atoms with Gasteiger partial charge in [0.1, 0.15) is 16.9 Å². The van der Waals surface area contributed by atoms with Crippen molar-refractivity contribution in [3.05, 3.63) is 59.7 Å². The summed E-state index contributed by atoms with van der Waals surface area (Å²) in [4.78, 5) is 17.2. The number of nitrogens with zero attached hydrogens (tertiary/aromatic N) is 4. The Morgan fingerprint density at radius 1 is 1.00 bits per heavy atom. The van der Waals surface area contributed by atoms with Crippen molar-refractivity contribution < 1.29 is 4.79 Å². The molecule has 6 nitrogen and oxygen atoms in total. The predicted molar refractivity (Wildman–Crippen MR) is 128 cm³/mol. The molecule has 0 aliphatic heterocycles. The number of nitriles is 1. The van der Waals surface area contributed by atoms with Crippen LogP contribution in [-0.2, 0) is 4.79 Å². The summed E-state index contributed by atoms with van der Waals surface area (Å²) in [6, 6.07) is 18.4. The maximum atomic E-state index is 12.4. The Morgan fingerprint density at radius 2 is 1.53 bits per heavy atom. The van der Waals surface area contributed by atoms with Gasteiger partial charge in [-0.05, 0) is 26.7 Å². The molecule has 0 saturated heterocycles. The molecule has 0 fully saturated rings. The number of benzene rings is 2. The van der Waals surface area contributed by atoms with E-state index in [2.05, 4.69) is 21.6 Å². The summed E-state index contributed by atoms with van der Waals surface area (Å²) in [5, 5.41) is 21.4. The minimum absolute atomic E-state index is 0.0127. The van der Waals surface area contributed by atoms with Crippen molar-refractivity contribution in [3.63, 3.8) is 0 Å². The fourth-order valence-electron chi connectivity index (χ4n) is 2.95. The maximum Gasteiger partial charge on any atom is 0.231 e. The van der Waals surface area contributed by atoms with Gasteiger partial charge in [-0.15, -0.1) is 10.2 Å². The van der Waals surface area contributed by atoms with E-state index in [0.29, 0.717) is 10.9 Å². The highest BCUT2D eigenvalue weighted by molar-refractivity contribution is 7.99. The average Bonchev–Trinajstić information content (AvgIpc) is 2.78. The number of amides is 1. The molecule has 164 valence electrons. The van der Waals surface area contributed by atoms with Crippen LogP contribution in [0, 0.1) is 31.1 Å². The number of nitrogens with one attached hydrogen (secondary N) is 1. The quantitative estimate of drug-likeness (QED) is 0.516. The third kappa shape index (κ3) is 5.51. The lowest BCUT2D eigenvalue weighted by Gasteiger charge is -2.27. The Kier molecular flexibility index (Phi) is 7.26. The second kappa shape index (κ2) is 9.92. The molecule has 32 heavy (non-hydrogen) atoms. The molecule has 0 aliphatic rings. The molecular formula is C25H27N5OS. The molecule has 2 aromatic carbocycles. The van der Waals surface area contributed by atoms with Gasteiger partial charge in [-0.25, -0.2) is 4.98 Å². The Labute approximate surface area is 193 Å². The summed E-state index contributed by atoms with van der Waals surface area (Å²) in [5.74, 6) is -0.153. The number of carbonyl (C=O) groups is 1. The summed E-state index contributed by atoms with van der Waals surface area (Å²) in [6.07, 6.45) is 0. The number of hydrogen-bond acceptors (Lipinski definition) is 6. The third-order valence-electron chi connectivity index (χ3n) is 5.44.